The summed E-state index contributed by atoms with van der Waals surface area (Å²) in [7, 11) is 1.22. The largest absolute Gasteiger partial charge is 0.494 e. The summed E-state index contributed by atoms with van der Waals surface area (Å²) in [5.74, 6) is -1.86. The molecule has 0 fully saturated rings. The van der Waals surface area contributed by atoms with Gasteiger partial charge >= 0.3 is 0 Å². The van der Waals surface area contributed by atoms with Crippen LogP contribution in [0.4, 0.5) is 8.78 Å². The van der Waals surface area contributed by atoms with E-state index in [4.69, 9.17) is 23.2 Å². The fourth-order valence-corrected chi connectivity index (χ4v) is 1.76. The lowest BCUT2D eigenvalue weighted by Crippen LogP contribution is -1.97. The smallest absolute Gasteiger partial charge is 0.224 e. The van der Waals surface area contributed by atoms with Crippen molar-refractivity contribution in [3.05, 3.63) is 28.1 Å². The molecule has 1 heterocycles. The van der Waals surface area contributed by atoms with Gasteiger partial charge in [-0.3, -0.25) is 0 Å². The van der Waals surface area contributed by atoms with Crippen molar-refractivity contribution in [2.75, 3.05) is 7.11 Å². The van der Waals surface area contributed by atoms with E-state index in [0.717, 1.165) is 6.07 Å². The Labute approximate surface area is 99.0 Å². The Kier molecular flexibility index (Phi) is 2.82. The first-order chi connectivity index (χ1) is 7.54. The van der Waals surface area contributed by atoms with Gasteiger partial charge in [0, 0.05) is 6.07 Å². The zero-order valence-corrected chi connectivity index (χ0v) is 9.40. The summed E-state index contributed by atoms with van der Waals surface area (Å²) in [6.45, 7) is 0. The van der Waals surface area contributed by atoms with E-state index in [2.05, 4.69) is 14.7 Å². The zero-order chi connectivity index (χ0) is 11.9. The normalized spacial score (nSPS) is 10.8. The zero-order valence-electron chi connectivity index (χ0n) is 7.89. The predicted octanol–water partition coefficient (Wildman–Crippen LogP) is 3.22. The van der Waals surface area contributed by atoms with Crippen LogP contribution in [-0.4, -0.2) is 17.1 Å². The minimum atomic E-state index is -0.819. The molecule has 1 aromatic heterocycles. The first kappa shape index (κ1) is 11.3. The molecule has 0 atom stereocenters. The molecule has 2 aromatic rings. The minimum absolute atomic E-state index is 0.247. The molecule has 0 unspecified atom stereocenters. The molecule has 2 rings (SSSR count). The van der Waals surface area contributed by atoms with Gasteiger partial charge in [-0.05, 0) is 11.6 Å². The second-order valence-corrected chi connectivity index (χ2v) is 3.58. The molecule has 0 saturated carbocycles. The lowest BCUT2D eigenvalue weighted by Gasteiger charge is -2.07. The Hall–Kier alpha value is -1.20. The van der Waals surface area contributed by atoms with Crippen LogP contribution in [0.5, 0.6) is 5.75 Å². The van der Waals surface area contributed by atoms with E-state index in [1.165, 1.54) is 7.11 Å². The van der Waals surface area contributed by atoms with Gasteiger partial charge in [0.2, 0.25) is 5.28 Å². The van der Waals surface area contributed by atoms with E-state index in [0.29, 0.717) is 0 Å². The third-order valence-corrected chi connectivity index (χ3v) is 2.42. The minimum Gasteiger partial charge on any atom is -0.494 e. The number of nitrogens with zero attached hydrogens (tertiary/aromatic N) is 2. The number of benzene rings is 1. The Balaban J connectivity index is 2.96. The van der Waals surface area contributed by atoms with Crippen LogP contribution in [0, 0.1) is 11.6 Å². The number of fused-ring (bicyclic) bond motifs is 1. The first-order valence-corrected chi connectivity index (χ1v) is 4.85. The molecule has 7 heteroatoms. The molecular weight excluding hydrogens is 261 g/mol. The van der Waals surface area contributed by atoms with Crippen LogP contribution in [0.25, 0.3) is 10.9 Å². The van der Waals surface area contributed by atoms with Gasteiger partial charge in [-0.15, -0.1) is 0 Å². The molecule has 1 aromatic carbocycles. The van der Waals surface area contributed by atoms with Crippen LogP contribution in [-0.2, 0) is 0 Å². The molecule has 0 saturated heterocycles. The molecule has 3 nitrogen and oxygen atoms in total. The number of rotatable bonds is 1. The summed E-state index contributed by atoms with van der Waals surface area (Å²) < 4.78 is 31.9. The van der Waals surface area contributed by atoms with Crippen molar-refractivity contribution in [1.82, 2.24) is 9.97 Å². The Bertz CT molecular complexity index is 577. The lowest BCUT2D eigenvalue weighted by molar-refractivity contribution is 0.385. The second kappa shape index (κ2) is 3.99. The van der Waals surface area contributed by atoms with Crippen molar-refractivity contribution in [3.63, 3.8) is 0 Å². The van der Waals surface area contributed by atoms with E-state index in [1.807, 2.05) is 0 Å². The molecule has 0 spiro atoms. The summed E-state index contributed by atoms with van der Waals surface area (Å²) in [6.07, 6.45) is 0. The SMILES string of the molecule is COc1cc(F)c2nc(Cl)nc(Cl)c2c1F. The highest BCUT2D eigenvalue weighted by atomic mass is 35.5. The molecule has 0 aliphatic rings. The second-order valence-electron chi connectivity index (χ2n) is 2.88. The van der Waals surface area contributed by atoms with E-state index >= 15 is 0 Å². The van der Waals surface area contributed by atoms with Crippen molar-refractivity contribution in [3.8, 4) is 5.75 Å². The Morgan fingerprint density at radius 2 is 1.94 bits per heavy atom. The monoisotopic (exact) mass is 264 g/mol. The molecule has 0 aliphatic heterocycles. The topological polar surface area (TPSA) is 35.0 Å². The van der Waals surface area contributed by atoms with E-state index in [1.54, 1.807) is 0 Å². The Morgan fingerprint density at radius 3 is 2.56 bits per heavy atom. The fourth-order valence-electron chi connectivity index (χ4n) is 1.29. The number of aromatic nitrogens is 2. The maximum absolute atomic E-state index is 13.7. The van der Waals surface area contributed by atoms with Crippen molar-refractivity contribution in [2.24, 2.45) is 0 Å². The highest BCUT2D eigenvalue weighted by molar-refractivity contribution is 6.35. The van der Waals surface area contributed by atoms with Gasteiger partial charge < -0.3 is 4.74 Å². The number of halogens is 4. The van der Waals surface area contributed by atoms with Crippen LogP contribution < -0.4 is 4.74 Å². The van der Waals surface area contributed by atoms with Gasteiger partial charge in [-0.25, -0.2) is 18.7 Å². The molecule has 0 aliphatic carbocycles. The summed E-state index contributed by atoms with van der Waals surface area (Å²) in [4.78, 5) is 7.11. The first-order valence-electron chi connectivity index (χ1n) is 4.09. The predicted molar refractivity (Wildman–Crippen MR) is 56.0 cm³/mol. The van der Waals surface area contributed by atoms with E-state index < -0.39 is 11.6 Å². The van der Waals surface area contributed by atoms with Gasteiger partial charge in [0.1, 0.15) is 10.7 Å². The van der Waals surface area contributed by atoms with Crippen molar-refractivity contribution in [1.29, 1.82) is 0 Å². The van der Waals surface area contributed by atoms with Gasteiger partial charge in [0.05, 0.1) is 12.5 Å². The molecule has 0 N–H and O–H groups in total. The van der Waals surface area contributed by atoms with Gasteiger partial charge in [-0.1, -0.05) is 11.6 Å². The highest BCUT2D eigenvalue weighted by Crippen LogP contribution is 2.32. The highest BCUT2D eigenvalue weighted by Gasteiger charge is 2.18. The molecular formula is C9H4Cl2F2N2O. The molecule has 0 radical (unpaired) electrons. The van der Waals surface area contributed by atoms with Gasteiger partial charge in [-0.2, -0.15) is 0 Å². The summed E-state index contributed by atoms with van der Waals surface area (Å²) in [6, 6.07) is 0.872. The van der Waals surface area contributed by atoms with Gasteiger partial charge in [0.25, 0.3) is 0 Å². The number of ether oxygens (including phenoxy) is 1. The maximum atomic E-state index is 13.7. The Morgan fingerprint density at radius 1 is 1.25 bits per heavy atom. The molecule has 16 heavy (non-hydrogen) atoms. The summed E-state index contributed by atoms with van der Waals surface area (Å²) >= 11 is 11.2. The van der Waals surface area contributed by atoms with Crippen LogP contribution in [0.1, 0.15) is 0 Å². The maximum Gasteiger partial charge on any atom is 0.224 e. The number of methoxy groups -OCH3 is 1. The molecule has 0 bridgehead atoms. The van der Waals surface area contributed by atoms with E-state index in [-0.39, 0.29) is 27.1 Å². The van der Waals surface area contributed by atoms with Crippen molar-refractivity contribution < 1.29 is 13.5 Å². The average Bonchev–Trinajstić information content (AvgIpc) is 2.22. The third kappa shape index (κ3) is 1.66. The van der Waals surface area contributed by atoms with Crippen LogP contribution >= 0.6 is 23.2 Å². The fraction of sp³-hybridized carbons (Fsp3) is 0.111. The van der Waals surface area contributed by atoms with Crippen molar-refractivity contribution >= 4 is 34.1 Å². The van der Waals surface area contributed by atoms with Crippen LogP contribution in [0.2, 0.25) is 10.4 Å². The summed E-state index contributed by atoms with van der Waals surface area (Å²) in [5.41, 5.74) is -0.275. The lowest BCUT2D eigenvalue weighted by atomic mass is 10.2. The third-order valence-electron chi connectivity index (χ3n) is 1.98. The molecule has 0 amide bonds. The van der Waals surface area contributed by atoms with Gasteiger partial charge in [0.15, 0.2) is 17.4 Å². The number of hydrogen-bond acceptors (Lipinski definition) is 3. The van der Waals surface area contributed by atoms with Crippen LogP contribution in [0.15, 0.2) is 6.07 Å². The molecule has 84 valence electrons. The summed E-state index contributed by atoms with van der Waals surface area (Å²) in [5, 5.41) is -0.755. The average molecular weight is 265 g/mol. The number of hydrogen-bond donors (Lipinski definition) is 0. The van der Waals surface area contributed by atoms with E-state index in [9.17, 15) is 8.78 Å². The van der Waals surface area contributed by atoms with Crippen molar-refractivity contribution in [2.45, 2.75) is 0 Å². The van der Waals surface area contributed by atoms with Crippen LogP contribution in [0.3, 0.4) is 0 Å². The quantitative estimate of drug-likeness (QED) is 0.586. The standard InChI is InChI=1S/C9H4Cl2F2N2O/c1-16-4-2-3(12)7-5(6(4)13)8(10)15-9(11)14-7/h2H,1H3.